The number of carbonyl (C=O) groups excluding carboxylic acids is 1. The Balaban J connectivity index is 1.30. The topological polar surface area (TPSA) is 75.9 Å². The second-order valence-electron chi connectivity index (χ2n) is 8.17. The van der Waals surface area contributed by atoms with Crippen LogP contribution in [0.4, 0.5) is 0 Å². The summed E-state index contributed by atoms with van der Waals surface area (Å²) < 4.78 is 2.10. The second kappa shape index (κ2) is 8.39. The van der Waals surface area contributed by atoms with E-state index in [1.54, 1.807) is 0 Å². The van der Waals surface area contributed by atoms with Crippen LogP contribution in [0.5, 0.6) is 0 Å². The lowest BCUT2D eigenvalue weighted by molar-refractivity contribution is -0.132. The van der Waals surface area contributed by atoms with Gasteiger partial charge in [-0.05, 0) is 12.8 Å². The molecule has 1 saturated heterocycles. The Hall–Kier alpha value is -2.28. The second-order valence-corrected chi connectivity index (χ2v) is 8.17. The first-order valence-electron chi connectivity index (χ1n) is 10.5. The molecule has 7 nitrogen and oxygen atoms in total. The highest BCUT2D eigenvalue weighted by atomic mass is 16.2. The van der Waals surface area contributed by atoms with Crippen molar-refractivity contribution in [3.8, 4) is 0 Å². The van der Waals surface area contributed by atoms with Gasteiger partial charge in [0.25, 0.3) is 0 Å². The standard InChI is InChI=1S/C21H30N6O/c1-15(2)21-23-8-12-27(21)11-6-19(28)26-9-4-16(5-10-26)20-24-14-17-13-22-7-3-18(17)25-20/h8,12,14-16,22H,3-7,9-11,13H2,1-2H3. The minimum Gasteiger partial charge on any atom is -0.343 e. The molecule has 0 saturated carbocycles. The Morgan fingerprint density at radius 3 is 2.89 bits per heavy atom. The smallest absolute Gasteiger partial charge is 0.224 e. The number of carbonyl (C=O) groups is 1. The lowest BCUT2D eigenvalue weighted by atomic mass is 9.95. The molecule has 2 aromatic heterocycles. The summed E-state index contributed by atoms with van der Waals surface area (Å²) in [5.74, 6) is 2.98. The number of aromatic nitrogens is 4. The van der Waals surface area contributed by atoms with Crippen LogP contribution in [0.15, 0.2) is 18.6 Å². The molecule has 4 heterocycles. The van der Waals surface area contributed by atoms with E-state index in [1.165, 1.54) is 11.3 Å². The van der Waals surface area contributed by atoms with E-state index >= 15 is 0 Å². The normalized spacial score (nSPS) is 17.8. The van der Waals surface area contributed by atoms with E-state index in [0.717, 1.165) is 57.1 Å². The average Bonchev–Trinajstić information content (AvgIpc) is 3.21. The summed E-state index contributed by atoms with van der Waals surface area (Å²) >= 11 is 0. The van der Waals surface area contributed by atoms with Crippen LogP contribution in [0.25, 0.3) is 0 Å². The molecule has 0 bridgehead atoms. The van der Waals surface area contributed by atoms with Crippen LogP contribution in [0.3, 0.4) is 0 Å². The van der Waals surface area contributed by atoms with Gasteiger partial charge >= 0.3 is 0 Å². The average molecular weight is 383 g/mol. The molecule has 2 aliphatic heterocycles. The lowest BCUT2D eigenvalue weighted by Crippen LogP contribution is -2.38. The van der Waals surface area contributed by atoms with Gasteiger partial charge in [0.05, 0.1) is 0 Å². The van der Waals surface area contributed by atoms with Gasteiger partial charge in [-0.1, -0.05) is 13.8 Å². The summed E-state index contributed by atoms with van der Waals surface area (Å²) in [4.78, 5) is 28.5. The predicted octanol–water partition coefficient (Wildman–Crippen LogP) is 2.24. The molecule has 0 atom stereocenters. The van der Waals surface area contributed by atoms with Crippen molar-refractivity contribution < 1.29 is 4.79 Å². The summed E-state index contributed by atoms with van der Waals surface area (Å²) in [7, 11) is 0. The summed E-state index contributed by atoms with van der Waals surface area (Å²) in [6, 6.07) is 0. The van der Waals surface area contributed by atoms with Gasteiger partial charge in [-0.15, -0.1) is 0 Å². The van der Waals surface area contributed by atoms with Gasteiger partial charge in [0, 0.05) is 87.2 Å². The first-order valence-corrected chi connectivity index (χ1v) is 10.5. The highest BCUT2D eigenvalue weighted by molar-refractivity contribution is 5.76. The fourth-order valence-corrected chi connectivity index (χ4v) is 4.22. The highest BCUT2D eigenvalue weighted by Crippen LogP contribution is 2.27. The van der Waals surface area contributed by atoms with Crippen LogP contribution in [0, 0.1) is 0 Å². The number of hydrogen-bond acceptors (Lipinski definition) is 5. The Morgan fingerprint density at radius 2 is 2.11 bits per heavy atom. The fraction of sp³-hybridized carbons (Fsp3) is 0.619. The van der Waals surface area contributed by atoms with E-state index in [2.05, 4.69) is 33.7 Å². The van der Waals surface area contributed by atoms with Gasteiger partial charge in [-0.2, -0.15) is 0 Å². The minimum atomic E-state index is 0.235. The van der Waals surface area contributed by atoms with E-state index in [4.69, 9.17) is 4.98 Å². The van der Waals surface area contributed by atoms with Gasteiger partial charge in [-0.25, -0.2) is 15.0 Å². The molecule has 0 aromatic carbocycles. The molecule has 4 rings (SSSR count). The number of nitrogens with one attached hydrogen (secondary N) is 1. The Kier molecular flexibility index (Phi) is 5.71. The summed E-state index contributed by atoms with van der Waals surface area (Å²) in [5, 5.41) is 3.36. The molecular formula is C21H30N6O. The number of amides is 1. The zero-order chi connectivity index (χ0) is 19.5. The number of rotatable bonds is 5. The Bertz CT molecular complexity index is 822. The molecule has 1 amide bonds. The Labute approximate surface area is 166 Å². The van der Waals surface area contributed by atoms with Gasteiger partial charge < -0.3 is 14.8 Å². The molecule has 2 aromatic rings. The zero-order valence-electron chi connectivity index (χ0n) is 16.9. The molecule has 1 N–H and O–H groups in total. The maximum absolute atomic E-state index is 12.7. The van der Waals surface area contributed by atoms with Gasteiger partial charge in [0.15, 0.2) is 0 Å². The molecular weight excluding hydrogens is 352 g/mol. The molecule has 7 heteroatoms. The van der Waals surface area contributed by atoms with Crippen molar-refractivity contribution in [1.82, 2.24) is 29.7 Å². The lowest BCUT2D eigenvalue weighted by Gasteiger charge is -2.32. The monoisotopic (exact) mass is 382 g/mol. The van der Waals surface area contributed by atoms with Crippen molar-refractivity contribution in [2.45, 2.75) is 64.5 Å². The van der Waals surface area contributed by atoms with Crippen molar-refractivity contribution in [2.75, 3.05) is 19.6 Å². The molecule has 1 fully saturated rings. The van der Waals surface area contributed by atoms with Crippen LogP contribution in [-0.2, 0) is 24.3 Å². The van der Waals surface area contributed by atoms with Crippen LogP contribution in [0.1, 0.15) is 67.9 Å². The maximum Gasteiger partial charge on any atom is 0.224 e. The van der Waals surface area contributed by atoms with Crippen molar-refractivity contribution in [3.63, 3.8) is 0 Å². The third kappa shape index (κ3) is 4.09. The van der Waals surface area contributed by atoms with E-state index in [-0.39, 0.29) is 5.91 Å². The molecule has 0 aliphatic carbocycles. The molecule has 0 spiro atoms. The molecule has 0 radical (unpaired) electrons. The molecule has 150 valence electrons. The number of hydrogen-bond donors (Lipinski definition) is 1. The van der Waals surface area contributed by atoms with Crippen molar-refractivity contribution in [2.24, 2.45) is 0 Å². The van der Waals surface area contributed by atoms with Gasteiger partial charge in [0.2, 0.25) is 5.91 Å². The van der Waals surface area contributed by atoms with E-state index in [9.17, 15) is 4.79 Å². The third-order valence-corrected chi connectivity index (χ3v) is 5.87. The third-order valence-electron chi connectivity index (χ3n) is 5.87. The Morgan fingerprint density at radius 1 is 1.29 bits per heavy atom. The van der Waals surface area contributed by atoms with E-state index < -0.39 is 0 Å². The van der Waals surface area contributed by atoms with Crippen LogP contribution < -0.4 is 5.32 Å². The van der Waals surface area contributed by atoms with Crippen LogP contribution in [-0.4, -0.2) is 50.0 Å². The largest absolute Gasteiger partial charge is 0.343 e. The van der Waals surface area contributed by atoms with E-state index in [1.807, 2.05) is 23.5 Å². The van der Waals surface area contributed by atoms with Crippen molar-refractivity contribution >= 4 is 5.91 Å². The summed E-state index contributed by atoms with van der Waals surface area (Å²) in [6.07, 6.45) is 9.19. The predicted molar refractivity (Wildman–Crippen MR) is 107 cm³/mol. The zero-order valence-corrected chi connectivity index (χ0v) is 16.9. The number of nitrogens with zero attached hydrogens (tertiary/aromatic N) is 5. The number of fused-ring (bicyclic) bond motifs is 1. The van der Waals surface area contributed by atoms with Crippen LogP contribution in [0.2, 0.25) is 0 Å². The SMILES string of the molecule is CC(C)c1nccn1CCC(=O)N1CCC(c2ncc3c(n2)CCNC3)CC1. The van der Waals surface area contributed by atoms with E-state index in [0.29, 0.717) is 24.8 Å². The molecule has 0 unspecified atom stereocenters. The first-order chi connectivity index (χ1) is 13.6. The fourth-order valence-electron chi connectivity index (χ4n) is 4.22. The number of aryl methyl sites for hydroxylation is 1. The first kappa shape index (κ1) is 19.1. The number of likely N-dealkylation sites (tertiary alicyclic amines) is 1. The van der Waals surface area contributed by atoms with Gasteiger partial charge in [-0.3, -0.25) is 4.79 Å². The summed E-state index contributed by atoms with van der Waals surface area (Å²) in [6.45, 7) is 8.42. The van der Waals surface area contributed by atoms with Crippen molar-refractivity contribution in [3.05, 3.63) is 41.5 Å². The van der Waals surface area contributed by atoms with Gasteiger partial charge in [0.1, 0.15) is 11.6 Å². The maximum atomic E-state index is 12.7. The number of imidazole rings is 1. The molecule has 28 heavy (non-hydrogen) atoms. The van der Waals surface area contributed by atoms with Crippen LogP contribution >= 0.6 is 0 Å². The quantitative estimate of drug-likeness (QED) is 0.858. The minimum absolute atomic E-state index is 0.235. The number of piperidine rings is 1. The summed E-state index contributed by atoms with van der Waals surface area (Å²) in [5.41, 5.74) is 2.42. The highest BCUT2D eigenvalue weighted by Gasteiger charge is 2.26. The van der Waals surface area contributed by atoms with Crippen molar-refractivity contribution in [1.29, 1.82) is 0 Å². The molecule has 2 aliphatic rings.